The van der Waals surface area contributed by atoms with Crippen molar-refractivity contribution in [2.45, 2.75) is 52.1 Å². The van der Waals surface area contributed by atoms with Crippen molar-refractivity contribution in [1.82, 2.24) is 0 Å². The summed E-state index contributed by atoms with van der Waals surface area (Å²) in [6.45, 7) is 4.81. The highest BCUT2D eigenvalue weighted by atomic mass is 19.3. The molecule has 9 heteroatoms. The molecule has 1 saturated heterocycles. The van der Waals surface area contributed by atoms with E-state index in [9.17, 15) is 8.78 Å². The summed E-state index contributed by atoms with van der Waals surface area (Å²) >= 11 is 0. The maximum absolute atomic E-state index is 12.7. The lowest BCUT2D eigenvalue weighted by atomic mass is 9.75. The summed E-state index contributed by atoms with van der Waals surface area (Å²) in [6, 6.07) is 2.83. The maximum atomic E-state index is 12.7. The van der Waals surface area contributed by atoms with Crippen LogP contribution in [0.2, 0.25) is 0 Å². The second-order valence-corrected chi connectivity index (χ2v) is 6.94. The average Bonchev–Trinajstić information content (AvgIpc) is 2.72. The molecule has 0 spiro atoms. The van der Waals surface area contributed by atoms with Gasteiger partial charge in [-0.3, -0.25) is 0 Å². The summed E-state index contributed by atoms with van der Waals surface area (Å²) in [7, 11) is 2.21. The molecule has 0 aliphatic carbocycles. The molecule has 0 radical (unpaired) electrons. The van der Waals surface area contributed by atoms with Crippen molar-refractivity contribution in [2.75, 3.05) is 21.0 Å². The van der Waals surface area contributed by atoms with Crippen LogP contribution in [0.3, 0.4) is 0 Å². The molecule has 1 aliphatic rings. The molecule has 1 aliphatic heterocycles. The number of ether oxygens (including phenoxy) is 4. The third kappa shape index (κ3) is 4.46. The molecular weight excluding hydrogens is 349 g/mol. The molecule has 146 valence electrons. The summed E-state index contributed by atoms with van der Waals surface area (Å²) in [5, 5.41) is 0. The molecule has 1 aromatic rings. The van der Waals surface area contributed by atoms with Crippen LogP contribution in [0.1, 0.15) is 33.3 Å². The first-order chi connectivity index (χ1) is 12.1. The van der Waals surface area contributed by atoms with Crippen LogP contribution in [0.25, 0.3) is 0 Å². The van der Waals surface area contributed by atoms with Gasteiger partial charge in [-0.05, 0) is 39.3 Å². The second-order valence-electron chi connectivity index (χ2n) is 6.94. The smallest absolute Gasteiger partial charge is 0.468 e. The number of hydrogen-bond donors (Lipinski definition) is 0. The van der Waals surface area contributed by atoms with Gasteiger partial charge in [0.05, 0.1) is 17.8 Å². The zero-order valence-corrected chi connectivity index (χ0v) is 15.9. The van der Waals surface area contributed by atoms with Gasteiger partial charge in [0, 0.05) is 25.7 Å². The minimum absolute atomic E-state index is 0.0431. The molecule has 1 heterocycles. The van der Waals surface area contributed by atoms with Crippen LogP contribution in [0.15, 0.2) is 12.1 Å². The summed E-state index contributed by atoms with van der Waals surface area (Å²) in [5.74, 6) is 0.231. The minimum atomic E-state index is -2.96. The fourth-order valence-electron chi connectivity index (χ4n) is 2.57. The highest BCUT2D eigenvalue weighted by molar-refractivity contribution is 6.63. The van der Waals surface area contributed by atoms with Gasteiger partial charge in [0.25, 0.3) is 0 Å². The molecule has 1 fully saturated rings. The first-order valence-electron chi connectivity index (χ1n) is 8.19. The van der Waals surface area contributed by atoms with E-state index in [4.69, 9.17) is 23.5 Å². The summed E-state index contributed by atoms with van der Waals surface area (Å²) in [6.07, 6.45) is 0. The minimum Gasteiger partial charge on any atom is -0.468 e. The zero-order valence-electron chi connectivity index (χ0n) is 15.9. The van der Waals surface area contributed by atoms with Crippen LogP contribution in [-0.4, -0.2) is 45.9 Å². The van der Waals surface area contributed by atoms with Crippen molar-refractivity contribution < 1.29 is 37.0 Å². The van der Waals surface area contributed by atoms with Gasteiger partial charge in [-0.2, -0.15) is 8.78 Å². The van der Waals surface area contributed by atoms with Crippen molar-refractivity contribution >= 4 is 12.6 Å². The number of rotatable bonds is 8. The fraction of sp³-hybridized carbons (Fsp3) is 0.647. The first kappa shape index (κ1) is 20.9. The lowest BCUT2D eigenvalue weighted by Crippen LogP contribution is -2.41. The monoisotopic (exact) mass is 374 g/mol. The third-order valence-corrected chi connectivity index (χ3v) is 4.55. The third-order valence-electron chi connectivity index (χ3n) is 4.55. The van der Waals surface area contributed by atoms with Crippen LogP contribution in [0, 0.1) is 0 Å². The van der Waals surface area contributed by atoms with Crippen molar-refractivity contribution in [3.8, 4) is 11.5 Å². The molecule has 0 aromatic heterocycles. The van der Waals surface area contributed by atoms with Gasteiger partial charge in [-0.25, -0.2) is 0 Å². The predicted octanol–water partition coefficient (Wildman–Crippen LogP) is 2.72. The van der Waals surface area contributed by atoms with Crippen LogP contribution in [0.5, 0.6) is 11.5 Å². The Morgan fingerprint density at radius 2 is 1.65 bits per heavy atom. The molecule has 0 atom stereocenters. The van der Waals surface area contributed by atoms with Crippen LogP contribution in [-0.2, 0) is 25.4 Å². The zero-order chi connectivity index (χ0) is 19.5. The van der Waals surface area contributed by atoms with Crippen molar-refractivity contribution in [2.24, 2.45) is 0 Å². The van der Waals surface area contributed by atoms with E-state index in [1.165, 1.54) is 26.4 Å². The number of methoxy groups -OCH3 is 2. The standard InChI is InChI=1S/C17H25BF2O6/c1-16(2)17(3,4)26-18(25-16)14-11(9-21-5)7-12(24-15(19)20)8-13(14)23-10-22-6/h7-8,15H,9-10H2,1-6H3. The number of halogens is 2. The Bertz CT molecular complexity index is 608. The molecule has 0 unspecified atom stereocenters. The molecular formula is C17H25BF2O6. The lowest BCUT2D eigenvalue weighted by molar-refractivity contribution is -0.0501. The maximum Gasteiger partial charge on any atom is 0.499 e. The van der Waals surface area contributed by atoms with E-state index in [-0.39, 0.29) is 24.9 Å². The van der Waals surface area contributed by atoms with Gasteiger partial charge in [0.15, 0.2) is 6.79 Å². The Balaban J connectivity index is 2.50. The second kappa shape index (κ2) is 8.08. The lowest BCUT2D eigenvalue weighted by Gasteiger charge is -2.32. The van der Waals surface area contributed by atoms with Crippen LogP contribution in [0.4, 0.5) is 8.78 Å². The van der Waals surface area contributed by atoms with Gasteiger partial charge in [0.1, 0.15) is 11.5 Å². The van der Waals surface area contributed by atoms with Crippen LogP contribution < -0.4 is 14.9 Å². The van der Waals surface area contributed by atoms with E-state index >= 15 is 0 Å². The quantitative estimate of drug-likeness (QED) is 0.515. The molecule has 0 amide bonds. The van der Waals surface area contributed by atoms with Crippen molar-refractivity contribution in [3.63, 3.8) is 0 Å². The summed E-state index contributed by atoms with van der Waals surface area (Å²) < 4.78 is 57.8. The van der Waals surface area contributed by atoms with Gasteiger partial charge in [-0.15, -0.1) is 0 Å². The number of hydrogen-bond acceptors (Lipinski definition) is 6. The molecule has 2 rings (SSSR count). The largest absolute Gasteiger partial charge is 0.499 e. The fourth-order valence-corrected chi connectivity index (χ4v) is 2.57. The molecule has 0 N–H and O–H groups in total. The number of alkyl halides is 2. The molecule has 26 heavy (non-hydrogen) atoms. The number of benzene rings is 1. The van der Waals surface area contributed by atoms with Gasteiger partial charge in [0.2, 0.25) is 0 Å². The first-order valence-corrected chi connectivity index (χ1v) is 8.19. The highest BCUT2D eigenvalue weighted by Gasteiger charge is 2.53. The Morgan fingerprint density at radius 1 is 1.04 bits per heavy atom. The molecule has 1 aromatic carbocycles. The Morgan fingerprint density at radius 3 is 2.15 bits per heavy atom. The van der Waals surface area contributed by atoms with Gasteiger partial charge in [-0.1, -0.05) is 0 Å². The predicted molar refractivity (Wildman–Crippen MR) is 92.0 cm³/mol. The van der Waals surface area contributed by atoms with Gasteiger partial charge < -0.3 is 28.3 Å². The average molecular weight is 374 g/mol. The highest BCUT2D eigenvalue weighted by Crippen LogP contribution is 2.38. The summed E-state index contributed by atoms with van der Waals surface area (Å²) in [4.78, 5) is 0. The van der Waals surface area contributed by atoms with E-state index in [1.54, 1.807) is 0 Å². The normalized spacial score (nSPS) is 18.4. The van der Waals surface area contributed by atoms with Crippen molar-refractivity contribution in [1.29, 1.82) is 0 Å². The van der Waals surface area contributed by atoms with E-state index in [0.29, 0.717) is 11.0 Å². The summed E-state index contributed by atoms with van der Waals surface area (Å²) in [5.41, 5.74) is -0.0170. The van der Waals surface area contributed by atoms with E-state index in [1.807, 2.05) is 27.7 Å². The Hall–Kier alpha value is -1.42. The molecule has 0 saturated carbocycles. The topological polar surface area (TPSA) is 55.4 Å². The van der Waals surface area contributed by atoms with E-state index in [0.717, 1.165) is 0 Å². The Labute approximate surface area is 152 Å². The van der Waals surface area contributed by atoms with E-state index in [2.05, 4.69) is 4.74 Å². The SMILES string of the molecule is COCOc1cc(OC(F)F)cc(COC)c1B1OC(C)(C)C(C)(C)O1. The van der Waals surface area contributed by atoms with E-state index < -0.39 is 24.9 Å². The Kier molecular flexibility index (Phi) is 6.49. The molecule has 0 bridgehead atoms. The van der Waals surface area contributed by atoms with Crippen molar-refractivity contribution in [3.05, 3.63) is 17.7 Å². The molecule has 6 nitrogen and oxygen atoms in total. The van der Waals surface area contributed by atoms with Gasteiger partial charge >= 0.3 is 13.7 Å². The van der Waals surface area contributed by atoms with Crippen LogP contribution >= 0.6 is 0 Å².